The van der Waals surface area contributed by atoms with Crippen LogP contribution in [0.2, 0.25) is 0 Å². The molecule has 100 valence electrons. The van der Waals surface area contributed by atoms with Gasteiger partial charge < -0.3 is 0 Å². The first-order chi connectivity index (χ1) is 8.91. The summed E-state index contributed by atoms with van der Waals surface area (Å²) in [4.78, 5) is 0.269. The molecule has 0 spiro atoms. The number of aryl methyl sites for hydroxylation is 3. The molecule has 0 bridgehead atoms. The molecule has 0 saturated carbocycles. The zero-order valence-corrected chi connectivity index (χ0v) is 13.9. The minimum absolute atomic E-state index is 0.269. The van der Waals surface area contributed by atoms with Gasteiger partial charge in [0.1, 0.15) is 0 Å². The summed E-state index contributed by atoms with van der Waals surface area (Å²) in [6.07, 6.45) is 0. The van der Waals surface area contributed by atoms with E-state index >= 15 is 0 Å². The van der Waals surface area contributed by atoms with E-state index in [9.17, 15) is 0 Å². The largest absolute Gasteiger partial charge is 0.0786 e. The van der Waals surface area contributed by atoms with Crippen molar-refractivity contribution in [2.24, 2.45) is 0 Å². The van der Waals surface area contributed by atoms with Crippen molar-refractivity contribution in [3.63, 3.8) is 0 Å². The summed E-state index contributed by atoms with van der Waals surface area (Å²) in [6.45, 7) is 11.0. The maximum atomic E-state index is 3.90. The van der Waals surface area contributed by atoms with Gasteiger partial charge in [0.25, 0.3) is 0 Å². The molecular weight excluding hydrogens is 296 g/mol. The van der Waals surface area contributed by atoms with E-state index in [2.05, 4.69) is 80.9 Å². The molecule has 1 heteroatoms. The first-order valence-electron chi connectivity index (χ1n) is 6.69. The fourth-order valence-corrected chi connectivity index (χ4v) is 3.59. The highest BCUT2D eigenvalue weighted by Crippen LogP contribution is 2.37. The molecule has 0 saturated heterocycles. The lowest BCUT2D eigenvalue weighted by molar-refractivity contribution is 1.07. The van der Waals surface area contributed by atoms with Gasteiger partial charge in [0.15, 0.2) is 0 Å². The number of benzene rings is 2. The Morgan fingerprint density at radius 2 is 1.42 bits per heavy atom. The van der Waals surface area contributed by atoms with Gasteiger partial charge in [0.2, 0.25) is 0 Å². The predicted octanol–water partition coefficient (Wildman–Crippen LogP) is 5.71. The van der Waals surface area contributed by atoms with Crippen molar-refractivity contribution in [2.75, 3.05) is 0 Å². The lowest BCUT2D eigenvalue weighted by Crippen LogP contribution is -2.03. The van der Waals surface area contributed by atoms with E-state index in [1.54, 1.807) is 0 Å². The SMILES string of the molecule is Cc1cccc(C(Br)c2c(C)c(C)cc(C)c2C)c1. The third-order valence-electron chi connectivity index (χ3n) is 4.01. The van der Waals surface area contributed by atoms with Gasteiger partial charge >= 0.3 is 0 Å². The molecule has 0 aromatic heterocycles. The van der Waals surface area contributed by atoms with Crippen molar-refractivity contribution >= 4 is 15.9 Å². The second-order valence-corrected chi connectivity index (χ2v) is 6.37. The van der Waals surface area contributed by atoms with E-state index in [1.807, 2.05) is 0 Å². The maximum Gasteiger partial charge on any atom is 0.0650 e. The molecule has 1 atom stereocenters. The van der Waals surface area contributed by atoms with Crippen LogP contribution >= 0.6 is 15.9 Å². The third kappa shape index (κ3) is 2.76. The summed E-state index contributed by atoms with van der Waals surface area (Å²) >= 11 is 3.90. The summed E-state index contributed by atoms with van der Waals surface area (Å²) in [7, 11) is 0. The fraction of sp³-hybridized carbons (Fsp3) is 0.333. The van der Waals surface area contributed by atoms with Crippen LogP contribution in [0, 0.1) is 34.6 Å². The monoisotopic (exact) mass is 316 g/mol. The molecule has 0 fully saturated rings. The van der Waals surface area contributed by atoms with Gasteiger partial charge in [0, 0.05) is 0 Å². The van der Waals surface area contributed by atoms with Crippen LogP contribution in [0.5, 0.6) is 0 Å². The second-order valence-electron chi connectivity index (χ2n) is 5.45. The van der Waals surface area contributed by atoms with Gasteiger partial charge in [-0.25, -0.2) is 0 Å². The van der Waals surface area contributed by atoms with Crippen LogP contribution < -0.4 is 0 Å². The Bertz CT molecular complexity index is 585. The van der Waals surface area contributed by atoms with E-state index in [-0.39, 0.29) is 4.83 Å². The first kappa shape index (κ1) is 14.3. The normalized spacial score (nSPS) is 12.5. The summed E-state index contributed by atoms with van der Waals surface area (Å²) < 4.78 is 0. The fourth-order valence-electron chi connectivity index (χ4n) is 2.62. The van der Waals surface area contributed by atoms with Crippen LogP contribution in [0.4, 0.5) is 0 Å². The van der Waals surface area contributed by atoms with Gasteiger partial charge in [-0.3, -0.25) is 0 Å². The van der Waals surface area contributed by atoms with E-state index in [4.69, 9.17) is 0 Å². The van der Waals surface area contributed by atoms with Crippen molar-refractivity contribution in [1.29, 1.82) is 0 Å². The molecule has 0 aliphatic heterocycles. The predicted molar refractivity (Wildman–Crippen MR) is 87.3 cm³/mol. The molecule has 0 nitrogen and oxygen atoms in total. The molecule has 0 heterocycles. The van der Waals surface area contributed by atoms with Crippen LogP contribution in [0.1, 0.15) is 43.8 Å². The Balaban J connectivity index is 2.59. The van der Waals surface area contributed by atoms with Crippen LogP contribution in [0.15, 0.2) is 30.3 Å². The van der Waals surface area contributed by atoms with Crippen molar-refractivity contribution in [1.82, 2.24) is 0 Å². The molecular formula is C18H21Br. The number of halogens is 1. The molecule has 0 radical (unpaired) electrons. The zero-order valence-electron chi connectivity index (χ0n) is 12.3. The molecule has 0 aliphatic rings. The van der Waals surface area contributed by atoms with Gasteiger partial charge in [-0.1, -0.05) is 51.8 Å². The Kier molecular flexibility index (Phi) is 4.15. The number of rotatable bonds is 2. The van der Waals surface area contributed by atoms with E-state index in [0.29, 0.717) is 0 Å². The van der Waals surface area contributed by atoms with Gasteiger partial charge in [0.05, 0.1) is 4.83 Å². The smallest absolute Gasteiger partial charge is 0.0650 e. The van der Waals surface area contributed by atoms with Crippen molar-refractivity contribution in [3.05, 3.63) is 69.3 Å². The van der Waals surface area contributed by atoms with Crippen molar-refractivity contribution in [2.45, 2.75) is 39.4 Å². The first-order valence-corrected chi connectivity index (χ1v) is 7.61. The van der Waals surface area contributed by atoms with Gasteiger partial charge in [-0.2, -0.15) is 0 Å². The number of hydrogen-bond donors (Lipinski definition) is 0. The summed E-state index contributed by atoms with van der Waals surface area (Å²) in [5.74, 6) is 0. The summed E-state index contributed by atoms with van der Waals surface area (Å²) in [5, 5.41) is 0. The topological polar surface area (TPSA) is 0 Å². The van der Waals surface area contributed by atoms with E-state index in [0.717, 1.165) is 0 Å². The van der Waals surface area contributed by atoms with Gasteiger partial charge in [-0.15, -0.1) is 0 Å². The summed E-state index contributed by atoms with van der Waals surface area (Å²) in [6, 6.07) is 11.0. The lowest BCUT2D eigenvalue weighted by atomic mass is 9.90. The molecule has 2 aromatic carbocycles. The average molecular weight is 317 g/mol. The van der Waals surface area contributed by atoms with Crippen LogP contribution in [-0.4, -0.2) is 0 Å². The molecule has 2 rings (SSSR count). The zero-order chi connectivity index (χ0) is 14.2. The lowest BCUT2D eigenvalue weighted by Gasteiger charge is -2.20. The Labute approximate surface area is 125 Å². The third-order valence-corrected chi connectivity index (χ3v) is 5.00. The van der Waals surface area contributed by atoms with Crippen LogP contribution in [0.3, 0.4) is 0 Å². The maximum absolute atomic E-state index is 3.90. The summed E-state index contributed by atoms with van der Waals surface area (Å²) in [5.41, 5.74) is 9.59. The number of alkyl halides is 1. The standard InChI is InChI=1S/C18H21Br/c1-11-7-6-8-16(9-11)18(19)17-14(4)12(2)10-13(3)15(17)5/h6-10,18H,1-5H3. The molecule has 0 aliphatic carbocycles. The molecule has 0 amide bonds. The Hall–Kier alpha value is -1.08. The Morgan fingerprint density at radius 3 is 1.95 bits per heavy atom. The van der Waals surface area contributed by atoms with E-state index < -0.39 is 0 Å². The van der Waals surface area contributed by atoms with Crippen molar-refractivity contribution in [3.8, 4) is 0 Å². The minimum Gasteiger partial charge on any atom is -0.0786 e. The van der Waals surface area contributed by atoms with E-state index in [1.165, 1.54) is 38.9 Å². The quantitative estimate of drug-likeness (QED) is 0.622. The molecule has 1 unspecified atom stereocenters. The molecule has 0 N–H and O–H groups in total. The highest BCUT2D eigenvalue weighted by Gasteiger charge is 2.17. The van der Waals surface area contributed by atoms with Crippen LogP contribution in [-0.2, 0) is 0 Å². The van der Waals surface area contributed by atoms with Crippen LogP contribution in [0.25, 0.3) is 0 Å². The molecule has 19 heavy (non-hydrogen) atoms. The highest BCUT2D eigenvalue weighted by atomic mass is 79.9. The second kappa shape index (κ2) is 5.50. The van der Waals surface area contributed by atoms with Crippen molar-refractivity contribution < 1.29 is 0 Å². The average Bonchev–Trinajstić information content (AvgIpc) is 2.36. The minimum atomic E-state index is 0.269. The highest BCUT2D eigenvalue weighted by molar-refractivity contribution is 9.09. The molecule has 2 aromatic rings. The van der Waals surface area contributed by atoms with Gasteiger partial charge in [-0.05, 0) is 68.0 Å². The number of hydrogen-bond acceptors (Lipinski definition) is 0. The Morgan fingerprint density at radius 1 is 0.842 bits per heavy atom.